The molecule has 8 heteroatoms. The van der Waals surface area contributed by atoms with E-state index in [0.717, 1.165) is 16.7 Å². The van der Waals surface area contributed by atoms with Crippen molar-refractivity contribution >= 4 is 33.2 Å². The second kappa shape index (κ2) is 10.7. The Bertz CT molecular complexity index is 1230. The number of hydrogen-bond donors (Lipinski definition) is 1. The van der Waals surface area contributed by atoms with Crippen molar-refractivity contribution in [3.8, 4) is 5.75 Å². The monoisotopic (exact) mass is 486 g/mol. The second-order valence-corrected chi connectivity index (χ2v) is 10.1. The minimum Gasteiger partial charge on any atom is -0.490 e. The first-order chi connectivity index (χ1) is 15.6. The first-order valence-electron chi connectivity index (χ1n) is 10.4. The maximum absolute atomic E-state index is 12.4. The molecule has 0 bridgehead atoms. The van der Waals surface area contributed by atoms with Crippen LogP contribution in [-0.4, -0.2) is 33.7 Å². The van der Waals surface area contributed by atoms with Crippen molar-refractivity contribution in [2.75, 3.05) is 23.7 Å². The first kappa shape index (κ1) is 24.6. The highest BCUT2D eigenvalue weighted by Crippen LogP contribution is 2.24. The largest absolute Gasteiger partial charge is 0.490 e. The lowest BCUT2D eigenvalue weighted by molar-refractivity contribution is 0.0947. The van der Waals surface area contributed by atoms with E-state index in [2.05, 4.69) is 5.32 Å². The minimum atomic E-state index is -3.48. The Balaban J connectivity index is 1.60. The number of carbonyl (C=O) groups is 1. The highest BCUT2D eigenvalue weighted by molar-refractivity contribution is 7.92. The number of nitrogens with zero attached hydrogens (tertiary/aromatic N) is 1. The molecule has 1 amide bonds. The van der Waals surface area contributed by atoms with Crippen LogP contribution < -0.4 is 14.4 Å². The first-order valence-corrected chi connectivity index (χ1v) is 12.7. The van der Waals surface area contributed by atoms with Crippen molar-refractivity contribution in [2.45, 2.75) is 20.4 Å². The molecule has 3 rings (SSSR count). The number of halogens is 1. The Labute approximate surface area is 200 Å². The van der Waals surface area contributed by atoms with Crippen LogP contribution in [0.2, 0.25) is 5.02 Å². The molecule has 0 spiro atoms. The van der Waals surface area contributed by atoms with Crippen molar-refractivity contribution in [2.24, 2.45) is 0 Å². The number of amides is 1. The number of nitrogens with one attached hydrogen (secondary N) is 1. The molecule has 33 heavy (non-hydrogen) atoms. The predicted octanol–water partition coefficient (Wildman–Crippen LogP) is 4.73. The summed E-state index contributed by atoms with van der Waals surface area (Å²) in [4.78, 5) is 12.4. The Morgan fingerprint density at radius 2 is 1.70 bits per heavy atom. The van der Waals surface area contributed by atoms with Gasteiger partial charge >= 0.3 is 0 Å². The van der Waals surface area contributed by atoms with Crippen LogP contribution in [0.4, 0.5) is 5.69 Å². The highest BCUT2D eigenvalue weighted by atomic mass is 35.5. The summed E-state index contributed by atoms with van der Waals surface area (Å²) in [6.45, 7) is 4.71. The van der Waals surface area contributed by atoms with Gasteiger partial charge in [0.1, 0.15) is 12.4 Å². The van der Waals surface area contributed by atoms with Crippen LogP contribution in [0, 0.1) is 13.8 Å². The van der Waals surface area contributed by atoms with Crippen LogP contribution in [0.25, 0.3) is 0 Å². The van der Waals surface area contributed by atoms with Crippen LogP contribution in [0.5, 0.6) is 5.75 Å². The summed E-state index contributed by atoms with van der Waals surface area (Å²) in [6.07, 6.45) is 1.19. The maximum Gasteiger partial charge on any atom is 0.251 e. The van der Waals surface area contributed by atoms with Gasteiger partial charge in [-0.3, -0.25) is 9.10 Å². The fraction of sp³-hybridized carbons (Fsp3) is 0.240. The summed E-state index contributed by atoms with van der Waals surface area (Å²) in [5, 5.41) is 3.31. The van der Waals surface area contributed by atoms with E-state index in [1.54, 1.807) is 42.5 Å². The third-order valence-electron chi connectivity index (χ3n) is 5.20. The second-order valence-electron chi connectivity index (χ2n) is 7.77. The Kier molecular flexibility index (Phi) is 8.00. The van der Waals surface area contributed by atoms with Crippen LogP contribution in [0.15, 0.2) is 66.7 Å². The summed E-state index contributed by atoms with van der Waals surface area (Å²) in [5.74, 6) is 0.329. The molecule has 0 saturated heterocycles. The van der Waals surface area contributed by atoms with Gasteiger partial charge in [0, 0.05) is 5.56 Å². The van der Waals surface area contributed by atoms with E-state index in [1.807, 2.05) is 38.1 Å². The quantitative estimate of drug-likeness (QED) is 0.443. The van der Waals surface area contributed by atoms with Crippen molar-refractivity contribution in [1.82, 2.24) is 5.32 Å². The summed E-state index contributed by atoms with van der Waals surface area (Å²) in [7, 11) is -3.48. The van der Waals surface area contributed by atoms with Gasteiger partial charge in [-0.1, -0.05) is 41.9 Å². The Hall–Kier alpha value is -3.03. The standard InChI is InChI=1S/C25H27ClN2O4S/c1-18-8-13-22(16-19(18)2)28(33(3,30)31)17-20-9-11-21(12-10-20)25(29)27-14-15-32-24-7-5-4-6-23(24)26/h4-13,16H,14-15,17H2,1-3H3,(H,27,29). The number of hydrogen-bond acceptors (Lipinski definition) is 4. The number of aryl methyl sites for hydroxylation is 2. The number of benzene rings is 3. The smallest absolute Gasteiger partial charge is 0.251 e. The molecule has 0 atom stereocenters. The predicted molar refractivity (Wildman–Crippen MR) is 133 cm³/mol. The number of rotatable bonds is 9. The van der Waals surface area contributed by atoms with Gasteiger partial charge in [-0.15, -0.1) is 0 Å². The zero-order chi connectivity index (χ0) is 24.0. The van der Waals surface area contributed by atoms with Gasteiger partial charge in [0.25, 0.3) is 5.91 Å². The fourth-order valence-electron chi connectivity index (χ4n) is 3.20. The van der Waals surface area contributed by atoms with E-state index in [1.165, 1.54) is 10.6 Å². The van der Waals surface area contributed by atoms with Crippen LogP contribution in [-0.2, 0) is 16.6 Å². The number of sulfonamides is 1. The van der Waals surface area contributed by atoms with E-state index < -0.39 is 10.0 Å². The molecule has 174 valence electrons. The van der Waals surface area contributed by atoms with E-state index in [4.69, 9.17) is 16.3 Å². The Morgan fingerprint density at radius 3 is 2.33 bits per heavy atom. The number of carbonyl (C=O) groups excluding carboxylic acids is 1. The lowest BCUT2D eigenvalue weighted by atomic mass is 10.1. The molecule has 0 aliphatic rings. The van der Waals surface area contributed by atoms with Crippen LogP contribution in [0.1, 0.15) is 27.0 Å². The molecule has 1 N–H and O–H groups in total. The van der Waals surface area contributed by atoms with Crippen molar-refractivity contribution in [3.63, 3.8) is 0 Å². The molecule has 6 nitrogen and oxygen atoms in total. The molecule has 0 aliphatic heterocycles. The maximum atomic E-state index is 12.4. The average molecular weight is 487 g/mol. The molecule has 0 fully saturated rings. The summed E-state index contributed by atoms with van der Waals surface area (Å²) in [5.41, 5.74) is 3.98. The van der Waals surface area contributed by atoms with E-state index >= 15 is 0 Å². The van der Waals surface area contributed by atoms with Crippen molar-refractivity contribution < 1.29 is 17.9 Å². The van der Waals surface area contributed by atoms with Crippen LogP contribution >= 0.6 is 11.6 Å². The van der Waals surface area contributed by atoms with E-state index in [-0.39, 0.29) is 19.1 Å². The molecule has 0 aliphatic carbocycles. The van der Waals surface area contributed by atoms with Gasteiger partial charge in [-0.2, -0.15) is 0 Å². The number of anilines is 1. The van der Waals surface area contributed by atoms with Gasteiger partial charge in [-0.25, -0.2) is 8.42 Å². The summed E-state index contributed by atoms with van der Waals surface area (Å²) in [6, 6.07) is 19.6. The van der Waals surface area contributed by atoms with Gasteiger partial charge in [0.05, 0.1) is 30.1 Å². The van der Waals surface area contributed by atoms with E-state index in [9.17, 15) is 13.2 Å². The fourth-order valence-corrected chi connectivity index (χ4v) is 4.27. The highest BCUT2D eigenvalue weighted by Gasteiger charge is 2.18. The topological polar surface area (TPSA) is 75.7 Å². The van der Waals surface area contributed by atoms with Crippen LogP contribution in [0.3, 0.4) is 0 Å². The molecule has 3 aromatic carbocycles. The third-order valence-corrected chi connectivity index (χ3v) is 6.66. The number of para-hydroxylation sites is 1. The molecule has 3 aromatic rings. The molecule has 0 aromatic heterocycles. The zero-order valence-corrected chi connectivity index (χ0v) is 20.4. The van der Waals surface area contributed by atoms with Gasteiger partial charge in [0.15, 0.2) is 0 Å². The molecule has 0 unspecified atom stereocenters. The lowest BCUT2D eigenvalue weighted by Gasteiger charge is -2.23. The van der Waals surface area contributed by atoms with Gasteiger partial charge < -0.3 is 10.1 Å². The normalized spacial score (nSPS) is 11.2. The van der Waals surface area contributed by atoms with Gasteiger partial charge in [-0.05, 0) is 66.9 Å². The van der Waals surface area contributed by atoms with Crippen molar-refractivity contribution in [3.05, 3.63) is 94.0 Å². The molecule has 0 saturated carbocycles. The molecule has 0 radical (unpaired) electrons. The number of ether oxygens (including phenoxy) is 1. The van der Waals surface area contributed by atoms with Crippen molar-refractivity contribution in [1.29, 1.82) is 0 Å². The third kappa shape index (κ3) is 6.73. The SMILES string of the molecule is Cc1ccc(N(Cc2ccc(C(=O)NCCOc3ccccc3Cl)cc2)S(C)(=O)=O)cc1C. The van der Waals surface area contributed by atoms with Gasteiger partial charge in [0.2, 0.25) is 10.0 Å². The molecular weight excluding hydrogens is 460 g/mol. The average Bonchev–Trinajstić information content (AvgIpc) is 2.77. The summed E-state index contributed by atoms with van der Waals surface area (Å²) >= 11 is 6.04. The van der Waals surface area contributed by atoms with E-state index in [0.29, 0.717) is 28.6 Å². The zero-order valence-electron chi connectivity index (χ0n) is 18.8. The molecular formula is C25H27ClN2O4S. The Morgan fingerprint density at radius 1 is 1.00 bits per heavy atom. The minimum absolute atomic E-state index is 0.176. The summed E-state index contributed by atoms with van der Waals surface area (Å²) < 4.78 is 31.8. The molecule has 0 heterocycles. The lowest BCUT2D eigenvalue weighted by Crippen LogP contribution is -2.29.